The largest absolute Gasteiger partial charge is 0.278 e. The zero-order chi connectivity index (χ0) is 15.7. The van der Waals surface area contributed by atoms with Crippen molar-refractivity contribution in [1.29, 1.82) is 0 Å². The molecule has 0 saturated carbocycles. The van der Waals surface area contributed by atoms with Gasteiger partial charge in [-0.25, -0.2) is 17.9 Å². The summed E-state index contributed by atoms with van der Waals surface area (Å²) in [6.45, 7) is 0. The molecule has 0 saturated heterocycles. The van der Waals surface area contributed by atoms with Gasteiger partial charge in [0.2, 0.25) is 10.0 Å². The van der Waals surface area contributed by atoms with E-state index in [2.05, 4.69) is 10.2 Å². The van der Waals surface area contributed by atoms with Crippen LogP contribution < -0.4 is 5.14 Å². The van der Waals surface area contributed by atoms with Crippen molar-refractivity contribution in [2.75, 3.05) is 0 Å². The van der Waals surface area contributed by atoms with Gasteiger partial charge >= 0.3 is 0 Å². The highest BCUT2D eigenvalue weighted by molar-refractivity contribution is 7.89. The first kappa shape index (κ1) is 14.4. The molecular formula is C15H12FN3O2S. The molecular weight excluding hydrogens is 305 g/mol. The van der Waals surface area contributed by atoms with Crippen LogP contribution in [-0.2, 0) is 10.0 Å². The predicted molar refractivity (Wildman–Crippen MR) is 80.8 cm³/mol. The van der Waals surface area contributed by atoms with Crippen molar-refractivity contribution in [3.05, 3.63) is 60.5 Å². The average Bonchev–Trinajstić information content (AvgIpc) is 3.01. The maximum Gasteiger partial charge on any atom is 0.238 e. The first-order valence-electron chi connectivity index (χ1n) is 6.38. The van der Waals surface area contributed by atoms with Crippen molar-refractivity contribution in [2.45, 2.75) is 4.90 Å². The Kier molecular flexibility index (Phi) is 3.51. The number of primary sulfonamides is 1. The highest BCUT2D eigenvalue weighted by Crippen LogP contribution is 2.27. The SMILES string of the molecule is NS(=O)(=O)c1ccc(-c2ccc(-c3ccn[nH]3)cc2)c(F)c1. The fraction of sp³-hybridized carbons (Fsp3) is 0. The van der Waals surface area contributed by atoms with E-state index in [1.165, 1.54) is 12.1 Å². The Bertz CT molecular complexity index is 904. The topological polar surface area (TPSA) is 88.8 Å². The summed E-state index contributed by atoms with van der Waals surface area (Å²) in [6.07, 6.45) is 1.65. The molecule has 0 bridgehead atoms. The Labute approximate surface area is 126 Å². The van der Waals surface area contributed by atoms with Crippen LogP contribution in [0.2, 0.25) is 0 Å². The summed E-state index contributed by atoms with van der Waals surface area (Å²) in [6, 6.07) is 12.6. The molecule has 1 heterocycles. The number of benzene rings is 2. The number of rotatable bonds is 3. The van der Waals surface area contributed by atoms with Gasteiger partial charge in [-0.15, -0.1) is 0 Å². The molecule has 0 amide bonds. The second-order valence-corrected chi connectivity index (χ2v) is 6.30. The fourth-order valence-corrected chi connectivity index (χ4v) is 2.68. The zero-order valence-corrected chi connectivity index (χ0v) is 12.1. The van der Waals surface area contributed by atoms with Gasteiger partial charge in [0.05, 0.1) is 10.6 Å². The second-order valence-electron chi connectivity index (χ2n) is 4.73. The summed E-state index contributed by atoms with van der Waals surface area (Å²) in [5.41, 5.74) is 2.73. The third-order valence-corrected chi connectivity index (χ3v) is 4.19. The molecule has 22 heavy (non-hydrogen) atoms. The first-order valence-corrected chi connectivity index (χ1v) is 7.92. The molecule has 0 unspecified atom stereocenters. The quantitative estimate of drug-likeness (QED) is 0.778. The molecule has 1 aromatic heterocycles. The van der Waals surface area contributed by atoms with Crippen molar-refractivity contribution in [3.63, 3.8) is 0 Å². The third-order valence-electron chi connectivity index (χ3n) is 3.28. The van der Waals surface area contributed by atoms with Gasteiger partial charge in [0.1, 0.15) is 5.82 Å². The zero-order valence-electron chi connectivity index (χ0n) is 11.3. The van der Waals surface area contributed by atoms with E-state index in [1.807, 2.05) is 18.2 Å². The standard InChI is InChI=1S/C15H12FN3O2S/c16-14-9-12(22(17,20)21)5-6-13(14)10-1-3-11(4-2-10)15-7-8-18-19-15/h1-9H,(H,18,19)(H2,17,20,21). The Hall–Kier alpha value is -2.51. The number of H-pyrrole nitrogens is 1. The molecule has 3 N–H and O–H groups in total. The van der Waals surface area contributed by atoms with Crippen molar-refractivity contribution in [1.82, 2.24) is 10.2 Å². The molecule has 2 aromatic carbocycles. The van der Waals surface area contributed by atoms with Crippen LogP contribution in [0, 0.1) is 5.82 Å². The van der Waals surface area contributed by atoms with Crippen molar-refractivity contribution >= 4 is 10.0 Å². The summed E-state index contributed by atoms with van der Waals surface area (Å²) in [5.74, 6) is -0.638. The van der Waals surface area contributed by atoms with E-state index in [9.17, 15) is 12.8 Å². The Morgan fingerprint density at radius 2 is 1.68 bits per heavy atom. The Morgan fingerprint density at radius 1 is 1.00 bits per heavy atom. The van der Waals surface area contributed by atoms with E-state index in [1.54, 1.807) is 18.3 Å². The highest BCUT2D eigenvalue weighted by atomic mass is 32.2. The molecule has 0 spiro atoms. The highest BCUT2D eigenvalue weighted by Gasteiger charge is 2.12. The maximum absolute atomic E-state index is 14.1. The molecule has 0 atom stereocenters. The number of hydrogen-bond acceptors (Lipinski definition) is 3. The monoisotopic (exact) mass is 317 g/mol. The van der Waals surface area contributed by atoms with Crippen LogP contribution in [0.5, 0.6) is 0 Å². The summed E-state index contributed by atoms with van der Waals surface area (Å²) < 4.78 is 36.5. The molecule has 3 aromatic rings. The molecule has 3 rings (SSSR count). The first-order chi connectivity index (χ1) is 10.4. The summed E-state index contributed by atoms with van der Waals surface area (Å²) in [4.78, 5) is -0.247. The lowest BCUT2D eigenvalue weighted by atomic mass is 10.0. The molecule has 0 aliphatic carbocycles. The van der Waals surface area contributed by atoms with Crippen LogP contribution in [0.3, 0.4) is 0 Å². The van der Waals surface area contributed by atoms with Crippen molar-refractivity contribution < 1.29 is 12.8 Å². The van der Waals surface area contributed by atoms with Crippen LogP contribution >= 0.6 is 0 Å². The summed E-state index contributed by atoms with van der Waals surface area (Å²) in [5, 5.41) is 11.7. The van der Waals surface area contributed by atoms with E-state index >= 15 is 0 Å². The minimum atomic E-state index is -3.91. The van der Waals surface area contributed by atoms with Gasteiger partial charge in [0.15, 0.2) is 0 Å². The molecule has 0 radical (unpaired) electrons. The number of halogens is 1. The average molecular weight is 317 g/mol. The van der Waals surface area contributed by atoms with Gasteiger partial charge in [-0.05, 0) is 29.3 Å². The van der Waals surface area contributed by atoms with E-state index in [-0.39, 0.29) is 4.90 Å². The smallest absolute Gasteiger partial charge is 0.238 e. The number of sulfonamides is 1. The number of nitrogens with zero attached hydrogens (tertiary/aromatic N) is 1. The molecule has 7 heteroatoms. The minimum Gasteiger partial charge on any atom is -0.278 e. The number of aromatic amines is 1. The number of nitrogens with two attached hydrogens (primary N) is 1. The maximum atomic E-state index is 14.1. The number of hydrogen-bond donors (Lipinski definition) is 2. The van der Waals surface area contributed by atoms with Gasteiger partial charge in [-0.1, -0.05) is 30.3 Å². The van der Waals surface area contributed by atoms with E-state index in [0.29, 0.717) is 11.1 Å². The molecule has 0 aliphatic heterocycles. The van der Waals surface area contributed by atoms with Crippen LogP contribution in [0.15, 0.2) is 59.6 Å². The minimum absolute atomic E-state index is 0.247. The van der Waals surface area contributed by atoms with Crippen molar-refractivity contribution in [3.8, 4) is 22.4 Å². The van der Waals surface area contributed by atoms with Crippen molar-refractivity contribution in [2.24, 2.45) is 5.14 Å². The molecule has 0 fully saturated rings. The van der Waals surface area contributed by atoms with Crippen LogP contribution in [0.25, 0.3) is 22.4 Å². The van der Waals surface area contributed by atoms with E-state index in [4.69, 9.17) is 5.14 Å². The van der Waals surface area contributed by atoms with Gasteiger partial charge < -0.3 is 0 Å². The normalized spacial score (nSPS) is 11.5. The van der Waals surface area contributed by atoms with Gasteiger partial charge in [-0.2, -0.15) is 5.10 Å². The summed E-state index contributed by atoms with van der Waals surface area (Å²) >= 11 is 0. The lowest BCUT2D eigenvalue weighted by Gasteiger charge is -2.06. The van der Waals surface area contributed by atoms with Crippen LogP contribution in [0.1, 0.15) is 0 Å². The molecule has 5 nitrogen and oxygen atoms in total. The van der Waals surface area contributed by atoms with Crippen LogP contribution in [-0.4, -0.2) is 18.6 Å². The van der Waals surface area contributed by atoms with Gasteiger partial charge in [-0.3, -0.25) is 5.10 Å². The number of nitrogens with one attached hydrogen (secondary N) is 1. The Balaban J connectivity index is 1.98. The summed E-state index contributed by atoms with van der Waals surface area (Å²) in [7, 11) is -3.91. The van der Waals surface area contributed by atoms with Crippen LogP contribution in [0.4, 0.5) is 4.39 Å². The predicted octanol–water partition coefficient (Wildman–Crippen LogP) is 2.53. The lowest BCUT2D eigenvalue weighted by molar-refractivity contribution is 0.593. The van der Waals surface area contributed by atoms with Gasteiger partial charge in [0, 0.05) is 11.8 Å². The molecule has 0 aliphatic rings. The lowest BCUT2D eigenvalue weighted by Crippen LogP contribution is -2.12. The molecule has 112 valence electrons. The third kappa shape index (κ3) is 2.76. The fourth-order valence-electron chi connectivity index (χ4n) is 2.15. The number of aromatic nitrogens is 2. The van der Waals surface area contributed by atoms with E-state index < -0.39 is 15.8 Å². The Morgan fingerprint density at radius 3 is 2.23 bits per heavy atom. The van der Waals surface area contributed by atoms with E-state index in [0.717, 1.165) is 17.3 Å². The van der Waals surface area contributed by atoms with Gasteiger partial charge in [0.25, 0.3) is 0 Å². The second kappa shape index (κ2) is 5.36.